The summed E-state index contributed by atoms with van der Waals surface area (Å²) in [4.78, 5) is 56.8. The zero-order valence-electron chi connectivity index (χ0n) is 22.3. The monoisotopic (exact) mass is 545 g/mol. The van der Waals surface area contributed by atoms with Crippen molar-refractivity contribution < 1.29 is 14.4 Å². The van der Waals surface area contributed by atoms with Gasteiger partial charge in [-0.3, -0.25) is 25.0 Å². The number of rotatable bonds is 5. The summed E-state index contributed by atoms with van der Waals surface area (Å²) in [6.45, 7) is 1.87. The molecular weight excluding hydrogens is 518 g/mol. The number of ketones is 1. The number of carbonyl (C=O) groups is 3. The summed E-state index contributed by atoms with van der Waals surface area (Å²) in [7, 11) is 0. The number of aromatic nitrogens is 3. The van der Waals surface area contributed by atoms with Crippen LogP contribution in [-0.2, 0) is 11.2 Å². The molecule has 10 heteroatoms. The van der Waals surface area contributed by atoms with Crippen molar-refractivity contribution in [2.45, 2.75) is 38.3 Å². The standard InChI is InChI=1S/C31H27N7O3/c1-18-13-24(22-16-33-28(34-17-22)20-11-12-20)27(32-15-18)30(40)37-38-31(41)36-29-25(39)14-21-9-5-6-10-23(21)26(35-29)19-7-3-2-4-8-19/h2-10,13,15-17,20,29H,11-12,14H2,1H3,(H,37,40)(H2,36,38,41)/t29-/m1/s1. The van der Waals surface area contributed by atoms with E-state index in [1.165, 1.54) is 0 Å². The number of fused-ring (bicyclic) bond motifs is 1. The van der Waals surface area contributed by atoms with E-state index in [1.54, 1.807) is 18.6 Å². The van der Waals surface area contributed by atoms with Crippen molar-refractivity contribution in [3.8, 4) is 11.1 Å². The van der Waals surface area contributed by atoms with Crippen LogP contribution in [0.15, 0.2) is 84.2 Å². The zero-order valence-corrected chi connectivity index (χ0v) is 22.3. The van der Waals surface area contributed by atoms with Crippen LogP contribution in [0.2, 0.25) is 0 Å². The second-order valence-corrected chi connectivity index (χ2v) is 10.1. The molecule has 1 fully saturated rings. The second-order valence-electron chi connectivity index (χ2n) is 10.1. The van der Waals surface area contributed by atoms with Crippen molar-refractivity contribution in [3.05, 3.63) is 113 Å². The summed E-state index contributed by atoms with van der Waals surface area (Å²) in [5.41, 5.74) is 9.93. The summed E-state index contributed by atoms with van der Waals surface area (Å²) in [5, 5.41) is 2.59. The van der Waals surface area contributed by atoms with Gasteiger partial charge in [0, 0.05) is 53.2 Å². The molecule has 3 amide bonds. The first-order valence-corrected chi connectivity index (χ1v) is 13.4. The predicted octanol–water partition coefficient (Wildman–Crippen LogP) is 3.66. The largest absolute Gasteiger partial charge is 0.335 e. The smallest absolute Gasteiger partial charge is 0.308 e. The molecule has 2 aliphatic rings. The number of hydrogen-bond donors (Lipinski definition) is 3. The summed E-state index contributed by atoms with van der Waals surface area (Å²) >= 11 is 0. The number of hydrazine groups is 1. The minimum atomic E-state index is -1.15. The molecule has 6 rings (SSSR count). The van der Waals surface area contributed by atoms with Crippen LogP contribution in [0.1, 0.15) is 57.3 Å². The van der Waals surface area contributed by atoms with Crippen LogP contribution in [0, 0.1) is 6.92 Å². The fraction of sp³-hybridized carbons (Fsp3) is 0.194. The summed E-state index contributed by atoms with van der Waals surface area (Å²) in [6.07, 6.45) is 6.07. The van der Waals surface area contributed by atoms with E-state index in [9.17, 15) is 14.4 Å². The van der Waals surface area contributed by atoms with Gasteiger partial charge in [0.1, 0.15) is 11.5 Å². The molecule has 0 radical (unpaired) electrons. The van der Waals surface area contributed by atoms with E-state index >= 15 is 0 Å². The Hall–Kier alpha value is -5.25. The van der Waals surface area contributed by atoms with Crippen molar-refractivity contribution in [2.24, 2.45) is 4.99 Å². The lowest BCUT2D eigenvalue weighted by atomic mass is 9.96. The fourth-order valence-electron chi connectivity index (χ4n) is 4.73. The highest BCUT2D eigenvalue weighted by Crippen LogP contribution is 2.38. The Morgan fingerprint density at radius 1 is 0.829 bits per heavy atom. The van der Waals surface area contributed by atoms with Gasteiger partial charge in [0.2, 0.25) is 0 Å². The molecule has 4 aromatic rings. The Balaban J connectivity index is 1.18. The topological polar surface area (TPSA) is 138 Å². The molecule has 3 N–H and O–H groups in total. The van der Waals surface area contributed by atoms with Gasteiger partial charge in [-0.25, -0.2) is 20.2 Å². The lowest BCUT2D eigenvalue weighted by Gasteiger charge is -2.15. The van der Waals surface area contributed by atoms with E-state index in [0.717, 1.165) is 40.9 Å². The van der Waals surface area contributed by atoms with Crippen LogP contribution >= 0.6 is 0 Å². The molecule has 1 atom stereocenters. The minimum Gasteiger partial charge on any atom is -0.308 e. The van der Waals surface area contributed by atoms with Gasteiger partial charge in [-0.15, -0.1) is 0 Å². The molecule has 2 aromatic heterocycles. The first-order chi connectivity index (χ1) is 20.0. The molecule has 0 bridgehead atoms. The minimum absolute atomic E-state index is 0.101. The number of Topliss-reactive ketones (excluding diaryl/α,β-unsaturated/α-hetero) is 1. The van der Waals surface area contributed by atoms with Crippen molar-refractivity contribution in [1.29, 1.82) is 0 Å². The number of hydrogen-bond acceptors (Lipinski definition) is 7. The third kappa shape index (κ3) is 5.72. The number of urea groups is 1. The maximum atomic E-state index is 13.1. The van der Waals surface area contributed by atoms with E-state index < -0.39 is 18.1 Å². The lowest BCUT2D eigenvalue weighted by Crippen LogP contribution is -2.51. The van der Waals surface area contributed by atoms with Crippen molar-refractivity contribution in [2.75, 3.05) is 0 Å². The summed E-state index contributed by atoms with van der Waals surface area (Å²) in [5.74, 6) is 0.303. The highest BCUT2D eigenvalue weighted by molar-refractivity contribution is 6.16. The predicted molar refractivity (Wildman–Crippen MR) is 152 cm³/mol. The van der Waals surface area contributed by atoms with Crippen LogP contribution in [0.25, 0.3) is 11.1 Å². The van der Waals surface area contributed by atoms with Gasteiger partial charge in [-0.2, -0.15) is 0 Å². The maximum absolute atomic E-state index is 13.1. The molecule has 0 saturated heterocycles. The third-order valence-corrected chi connectivity index (χ3v) is 6.97. The molecular formula is C31H27N7O3. The Morgan fingerprint density at radius 3 is 2.32 bits per heavy atom. The molecule has 41 heavy (non-hydrogen) atoms. The summed E-state index contributed by atoms with van der Waals surface area (Å²) < 4.78 is 0. The van der Waals surface area contributed by atoms with Crippen LogP contribution in [0.3, 0.4) is 0 Å². The van der Waals surface area contributed by atoms with E-state index in [4.69, 9.17) is 0 Å². The molecule has 1 saturated carbocycles. The van der Waals surface area contributed by atoms with Gasteiger partial charge in [0.05, 0.1) is 5.71 Å². The molecule has 2 aromatic carbocycles. The number of amides is 3. The number of carbonyl (C=O) groups excluding carboxylic acids is 3. The molecule has 3 heterocycles. The molecule has 0 unspecified atom stereocenters. The highest BCUT2D eigenvalue weighted by atomic mass is 16.2. The van der Waals surface area contributed by atoms with Gasteiger partial charge in [0.25, 0.3) is 5.91 Å². The van der Waals surface area contributed by atoms with E-state index in [1.807, 2.05) is 67.6 Å². The van der Waals surface area contributed by atoms with Crippen molar-refractivity contribution >= 4 is 23.4 Å². The first kappa shape index (κ1) is 26.0. The lowest BCUT2D eigenvalue weighted by molar-refractivity contribution is -0.120. The molecule has 204 valence electrons. The summed E-state index contributed by atoms with van der Waals surface area (Å²) in [6, 6.07) is 18.1. The fourth-order valence-corrected chi connectivity index (χ4v) is 4.73. The average molecular weight is 546 g/mol. The van der Waals surface area contributed by atoms with Crippen LogP contribution in [-0.4, -0.2) is 44.6 Å². The van der Waals surface area contributed by atoms with Crippen LogP contribution < -0.4 is 16.2 Å². The Kier molecular flexibility index (Phi) is 7.03. The normalized spacial score (nSPS) is 16.2. The third-order valence-electron chi connectivity index (χ3n) is 6.97. The van der Waals surface area contributed by atoms with Gasteiger partial charge >= 0.3 is 6.03 Å². The number of aliphatic imine (C=N–C) groups is 1. The van der Waals surface area contributed by atoms with Gasteiger partial charge in [-0.05, 0) is 37.0 Å². The Labute approximate surface area is 236 Å². The van der Waals surface area contributed by atoms with E-state index in [2.05, 4.69) is 36.1 Å². The number of aryl methyl sites for hydroxylation is 1. The number of benzene rings is 2. The number of nitrogens with one attached hydrogen (secondary N) is 3. The Morgan fingerprint density at radius 2 is 1.56 bits per heavy atom. The SMILES string of the molecule is Cc1cnc(C(=O)NNC(=O)N[C@H]2N=C(c3ccccc3)c3ccccc3CC2=O)c(-c2cnc(C3CC3)nc2)c1. The molecule has 1 aliphatic carbocycles. The maximum Gasteiger partial charge on any atom is 0.335 e. The first-order valence-electron chi connectivity index (χ1n) is 13.4. The van der Waals surface area contributed by atoms with Crippen LogP contribution in [0.4, 0.5) is 4.79 Å². The van der Waals surface area contributed by atoms with Gasteiger partial charge in [0.15, 0.2) is 11.9 Å². The quantitative estimate of drug-likeness (QED) is 0.327. The van der Waals surface area contributed by atoms with E-state index in [0.29, 0.717) is 22.8 Å². The number of nitrogens with zero attached hydrogens (tertiary/aromatic N) is 4. The molecule has 10 nitrogen and oxygen atoms in total. The number of pyridine rings is 1. The van der Waals surface area contributed by atoms with Crippen molar-refractivity contribution in [1.82, 2.24) is 31.1 Å². The van der Waals surface area contributed by atoms with Gasteiger partial charge < -0.3 is 5.32 Å². The Bertz CT molecular complexity index is 1670. The highest BCUT2D eigenvalue weighted by Gasteiger charge is 2.28. The average Bonchev–Trinajstić information content (AvgIpc) is 3.85. The zero-order chi connectivity index (χ0) is 28.3. The molecule has 1 aliphatic heterocycles. The van der Waals surface area contributed by atoms with Gasteiger partial charge in [-0.1, -0.05) is 54.6 Å². The van der Waals surface area contributed by atoms with Crippen molar-refractivity contribution in [3.63, 3.8) is 0 Å². The van der Waals surface area contributed by atoms with Crippen LogP contribution in [0.5, 0.6) is 0 Å². The molecule has 0 spiro atoms. The van der Waals surface area contributed by atoms with E-state index in [-0.39, 0.29) is 17.9 Å². The second kappa shape index (κ2) is 11.1.